The molecule has 1 aliphatic heterocycles. The molecule has 3 rings (SSSR count). The molecule has 1 spiro atoms. The lowest BCUT2D eigenvalue weighted by atomic mass is 9.92. The number of nitrogens with one attached hydrogen (secondary N) is 2. The van der Waals surface area contributed by atoms with Gasteiger partial charge in [-0.15, -0.1) is 12.4 Å². The second-order valence-corrected chi connectivity index (χ2v) is 5.61. The Morgan fingerprint density at radius 1 is 1.58 bits per heavy atom. The zero-order valence-electron chi connectivity index (χ0n) is 11.2. The van der Waals surface area contributed by atoms with Crippen LogP contribution in [0.5, 0.6) is 0 Å². The van der Waals surface area contributed by atoms with Gasteiger partial charge in [-0.05, 0) is 37.8 Å². The largest absolute Gasteiger partial charge is 0.352 e. The van der Waals surface area contributed by atoms with E-state index >= 15 is 0 Å². The van der Waals surface area contributed by atoms with Crippen molar-refractivity contribution in [1.82, 2.24) is 20.4 Å². The van der Waals surface area contributed by atoms with E-state index < -0.39 is 0 Å². The number of nitrogens with zero attached hydrogens (tertiary/aromatic N) is 2. The van der Waals surface area contributed by atoms with E-state index in [-0.39, 0.29) is 24.2 Å². The molecular weight excluding hydrogens is 264 g/mol. The first-order chi connectivity index (χ1) is 8.70. The molecule has 6 heteroatoms. The Morgan fingerprint density at radius 3 is 2.95 bits per heavy atom. The second-order valence-electron chi connectivity index (χ2n) is 5.61. The second kappa shape index (κ2) is 5.51. The fourth-order valence-corrected chi connectivity index (χ4v) is 3.07. The summed E-state index contributed by atoms with van der Waals surface area (Å²) in [6.07, 6.45) is 7.12. The van der Waals surface area contributed by atoms with Gasteiger partial charge in [0.2, 0.25) is 5.91 Å². The van der Waals surface area contributed by atoms with Crippen LogP contribution in [-0.2, 0) is 18.4 Å². The third-order valence-corrected chi connectivity index (χ3v) is 4.33. The molecule has 0 radical (unpaired) electrons. The number of rotatable bonds is 3. The number of amides is 1. The molecule has 1 atom stereocenters. The number of hydrogen-bond acceptors (Lipinski definition) is 3. The highest BCUT2D eigenvalue weighted by Gasteiger charge is 2.57. The van der Waals surface area contributed by atoms with Crippen LogP contribution in [0.15, 0.2) is 12.4 Å². The fourth-order valence-electron chi connectivity index (χ4n) is 3.07. The first-order valence-electron chi connectivity index (χ1n) is 6.66. The molecule has 2 fully saturated rings. The smallest absolute Gasteiger partial charge is 0.223 e. The van der Waals surface area contributed by atoms with Crippen LogP contribution in [0.4, 0.5) is 0 Å². The molecule has 2 heterocycles. The van der Waals surface area contributed by atoms with Crippen molar-refractivity contribution in [1.29, 1.82) is 0 Å². The van der Waals surface area contributed by atoms with E-state index in [0.29, 0.717) is 12.0 Å². The summed E-state index contributed by atoms with van der Waals surface area (Å²) >= 11 is 0. The molecule has 1 unspecified atom stereocenters. The standard InChI is InChI=1S/C13H20N4O.ClH/c1-17-9-10(8-16-17)7-15-12(18)11-6-13(11)2-4-14-5-3-13;/h8-9,11,14H,2-7H2,1H3,(H,15,18);1H. The van der Waals surface area contributed by atoms with Crippen molar-refractivity contribution in [3.05, 3.63) is 18.0 Å². The van der Waals surface area contributed by atoms with Crippen LogP contribution in [0, 0.1) is 11.3 Å². The number of piperidine rings is 1. The van der Waals surface area contributed by atoms with Gasteiger partial charge < -0.3 is 10.6 Å². The van der Waals surface area contributed by atoms with Gasteiger partial charge in [-0.1, -0.05) is 0 Å². The number of aromatic nitrogens is 2. The van der Waals surface area contributed by atoms with Gasteiger partial charge in [0, 0.05) is 31.3 Å². The van der Waals surface area contributed by atoms with Crippen LogP contribution in [0.3, 0.4) is 0 Å². The minimum Gasteiger partial charge on any atom is -0.352 e. The van der Waals surface area contributed by atoms with Gasteiger partial charge in [-0.2, -0.15) is 5.10 Å². The van der Waals surface area contributed by atoms with Crippen molar-refractivity contribution in [2.45, 2.75) is 25.8 Å². The molecule has 19 heavy (non-hydrogen) atoms. The molecule has 1 aromatic rings. The Balaban J connectivity index is 0.00000133. The molecule has 1 aliphatic carbocycles. The highest BCUT2D eigenvalue weighted by molar-refractivity contribution is 5.85. The first-order valence-corrected chi connectivity index (χ1v) is 6.66. The lowest BCUT2D eigenvalue weighted by molar-refractivity contribution is -0.123. The summed E-state index contributed by atoms with van der Waals surface area (Å²) in [6, 6.07) is 0. The SMILES string of the molecule is Cl.Cn1cc(CNC(=O)C2CC23CCNCC3)cn1. The molecule has 1 aromatic heterocycles. The predicted molar refractivity (Wildman–Crippen MR) is 74.9 cm³/mol. The highest BCUT2D eigenvalue weighted by Crippen LogP contribution is 2.58. The summed E-state index contributed by atoms with van der Waals surface area (Å²) in [7, 11) is 1.89. The number of carbonyl (C=O) groups excluding carboxylic acids is 1. The van der Waals surface area contributed by atoms with E-state index in [0.717, 1.165) is 37.9 Å². The molecule has 2 aliphatic rings. The lowest BCUT2D eigenvalue weighted by Crippen LogP contribution is -2.33. The average Bonchev–Trinajstić information content (AvgIpc) is 2.89. The van der Waals surface area contributed by atoms with Gasteiger partial charge in [-0.3, -0.25) is 9.48 Å². The number of aryl methyl sites for hydroxylation is 1. The van der Waals surface area contributed by atoms with Crippen molar-refractivity contribution in [3.8, 4) is 0 Å². The zero-order chi connectivity index (χ0) is 12.6. The average molecular weight is 285 g/mol. The van der Waals surface area contributed by atoms with Gasteiger partial charge in [-0.25, -0.2) is 0 Å². The van der Waals surface area contributed by atoms with E-state index in [1.807, 2.05) is 13.2 Å². The minimum atomic E-state index is 0. The van der Waals surface area contributed by atoms with E-state index in [1.54, 1.807) is 10.9 Å². The van der Waals surface area contributed by atoms with E-state index in [2.05, 4.69) is 15.7 Å². The summed E-state index contributed by atoms with van der Waals surface area (Å²) in [4.78, 5) is 12.1. The van der Waals surface area contributed by atoms with Crippen molar-refractivity contribution in [2.75, 3.05) is 13.1 Å². The van der Waals surface area contributed by atoms with Crippen molar-refractivity contribution >= 4 is 18.3 Å². The number of carbonyl (C=O) groups is 1. The Labute approximate surface area is 119 Å². The monoisotopic (exact) mass is 284 g/mol. The van der Waals surface area contributed by atoms with Crippen LogP contribution >= 0.6 is 12.4 Å². The molecule has 1 saturated carbocycles. The van der Waals surface area contributed by atoms with Crippen molar-refractivity contribution < 1.29 is 4.79 Å². The topological polar surface area (TPSA) is 59.0 Å². The Hall–Kier alpha value is -1.07. The summed E-state index contributed by atoms with van der Waals surface area (Å²) in [5.74, 6) is 0.469. The van der Waals surface area contributed by atoms with Gasteiger partial charge in [0.1, 0.15) is 0 Å². The number of halogens is 1. The quantitative estimate of drug-likeness (QED) is 0.865. The van der Waals surface area contributed by atoms with Gasteiger partial charge in [0.15, 0.2) is 0 Å². The molecule has 1 saturated heterocycles. The molecule has 0 aromatic carbocycles. The number of hydrogen-bond donors (Lipinski definition) is 2. The van der Waals surface area contributed by atoms with Crippen LogP contribution < -0.4 is 10.6 Å². The lowest BCUT2D eigenvalue weighted by Gasteiger charge is -2.23. The van der Waals surface area contributed by atoms with Crippen LogP contribution in [-0.4, -0.2) is 28.8 Å². The molecule has 1 amide bonds. The van der Waals surface area contributed by atoms with Gasteiger partial charge >= 0.3 is 0 Å². The Bertz CT molecular complexity index is 453. The minimum absolute atomic E-state index is 0. The van der Waals surface area contributed by atoms with Crippen LogP contribution in [0.1, 0.15) is 24.8 Å². The van der Waals surface area contributed by atoms with E-state index in [1.165, 1.54) is 0 Å². The molecular formula is C13H21ClN4O. The highest BCUT2D eigenvalue weighted by atomic mass is 35.5. The normalized spacial score (nSPS) is 23.7. The summed E-state index contributed by atoms with van der Waals surface area (Å²) in [5, 5.41) is 10.5. The fraction of sp³-hybridized carbons (Fsp3) is 0.692. The zero-order valence-corrected chi connectivity index (χ0v) is 12.0. The van der Waals surface area contributed by atoms with Crippen molar-refractivity contribution in [3.63, 3.8) is 0 Å². The van der Waals surface area contributed by atoms with Gasteiger partial charge in [0.25, 0.3) is 0 Å². The van der Waals surface area contributed by atoms with E-state index in [4.69, 9.17) is 0 Å². The maximum atomic E-state index is 12.1. The summed E-state index contributed by atoms with van der Waals surface area (Å²) < 4.78 is 1.76. The van der Waals surface area contributed by atoms with Crippen molar-refractivity contribution in [2.24, 2.45) is 18.4 Å². The van der Waals surface area contributed by atoms with Gasteiger partial charge in [0.05, 0.1) is 6.20 Å². The third-order valence-electron chi connectivity index (χ3n) is 4.33. The molecule has 0 bridgehead atoms. The molecule has 106 valence electrons. The molecule has 5 nitrogen and oxygen atoms in total. The van der Waals surface area contributed by atoms with Crippen LogP contribution in [0.2, 0.25) is 0 Å². The van der Waals surface area contributed by atoms with Crippen LogP contribution in [0.25, 0.3) is 0 Å². The maximum absolute atomic E-state index is 12.1. The summed E-state index contributed by atoms with van der Waals surface area (Å²) in [5.41, 5.74) is 1.38. The predicted octanol–water partition coefficient (Wildman–Crippen LogP) is 0.848. The first kappa shape index (κ1) is 14.3. The maximum Gasteiger partial charge on any atom is 0.223 e. The molecule has 2 N–H and O–H groups in total. The Morgan fingerprint density at radius 2 is 2.32 bits per heavy atom. The summed E-state index contributed by atoms with van der Waals surface area (Å²) in [6.45, 7) is 2.72. The van der Waals surface area contributed by atoms with E-state index in [9.17, 15) is 4.79 Å². The third kappa shape index (κ3) is 2.92. The Kier molecular flexibility index (Phi) is 4.16.